The van der Waals surface area contributed by atoms with Crippen LogP contribution in [0.5, 0.6) is 0 Å². The van der Waals surface area contributed by atoms with Crippen molar-refractivity contribution in [3.8, 4) is 0 Å². The molecule has 0 spiro atoms. The molecular formula is C10H19NO4S. The van der Waals surface area contributed by atoms with Crippen LogP contribution >= 0.6 is 0 Å². The van der Waals surface area contributed by atoms with E-state index in [1.165, 1.54) is 0 Å². The van der Waals surface area contributed by atoms with Gasteiger partial charge in [-0.15, -0.1) is 0 Å². The summed E-state index contributed by atoms with van der Waals surface area (Å²) in [4.78, 5) is 12.9. The Bertz CT molecular complexity index is 325. The number of carboxylic acid groups (broad SMARTS) is 1. The first-order valence-corrected chi connectivity index (χ1v) is 7.45. The van der Waals surface area contributed by atoms with Gasteiger partial charge in [0.15, 0.2) is 9.84 Å². The largest absolute Gasteiger partial charge is 0.480 e. The monoisotopic (exact) mass is 249 g/mol. The van der Waals surface area contributed by atoms with Crippen molar-refractivity contribution in [1.29, 1.82) is 0 Å². The van der Waals surface area contributed by atoms with Gasteiger partial charge in [0.05, 0.1) is 11.5 Å². The highest BCUT2D eigenvalue weighted by Crippen LogP contribution is 2.13. The topological polar surface area (TPSA) is 74.7 Å². The first-order chi connectivity index (χ1) is 7.46. The Labute approximate surface area is 96.4 Å². The van der Waals surface area contributed by atoms with E-state index in [2.05, 4.69) is 0 Å². The highest BCUT2D eigenvalue weighted by atomic mass is 32.2. The van der Waals surface area contributed by atoms with Crippen LogP contribution in [0.15, 0.2) is 0 Å². The molecule has 1 N–H and O–H groups in total. The number of nitrogens with zero attached hydrogens (tertiary/aromatic N) is 1. The molecule has 0 aromatic heterocycles. The minimum absolute atomic E-state index is 0.0862. The van der Waals surface area contributed by atoms with Gasteiger partial charge in [0.2, 0.25) is 0 Å². The molecule has 0 amide bonds. The third kappa shape index (κ3) is 3.75. The molecule has 0 radical (unpaired) electrons. The van der Waals surface area contributed by atoms with E-state index in [0.29, 0.717) is 19.5 Å². The van der Waals surface area contributed by atoms with Crippen LogP contribution in [0.25, 0.3) is 0 Å². The second-order valence-electron chi connectivity index (χ2n) is 4.18. The zero-order valence-corrected chi connectivity index (χ0v) is 10.4. The van der Waals surface area contributed by atoms with Gasteiger partial charge in [-0.3, -0.25) is 9.69 Å². The van der Waals surface area contributed by atoms with E-state index >= 15 is 0 Å². The van der Waals surface area contributed by atoms with Gasteiger partial charge < -0.3 is 5.11 Å². The average Bonchev–Trinajstić information content (AvgIpc) is 2.20. The summed E-state index contributed by atoms with van der Waals surface area (Å²) in [5, 5.41) is 9.09. The third-order valence-corrected chi connectivity index (χ3v) is 4.55. The number of rotatable bonds is 5. The molecule has 0 saturated carbocycles. The van der Waals surface area contributed by atoms with Gasteiger partial charge in [-0.1, -0.05) is 19.8 Å². The maximum absolute atomic E-state index is 11.2. The lowest BCUT2D eigenvalue weighted by Crippen LogP contribution is -2.49. The molecule has 1 rings (SSSR count). The van der Waals surface area contributed by atoms with E-state index in [0.717, 1.165) is 12.8 Å². The Hall–Kier alpha value is -0.620. The lowest BCUT2D eigenvalue weighted by molar-refractivity contribution is -0.143. The number of sulfone groups is 1. The Balaban J connectivity index is 2.56. The second kappa shape index (κ2) is 5.63. The molecule has 1 unspecified atom stereocenters. The zero-order valence-electron chi connectivity index (χ0n) is 9.55. The van der Waals surface area contributed by atoms with Crippen LogP contribution in [0.4, 0.5) is 0 Å². The van der Waals surface area contributed by atoms with Gasteiger partial charge in [-0.05, 0) is 6.42 Å². The van der Waals surface area contributed by atoms with E-state index in [9.17, 15) is 13.2 Å². The van der Waals surface area contributed by atoms with Crippen molar-refractivity contribution in [3.05, 3.63) is 0 Å². The van der Waals surface area contributed by atoms with Crippen LogP contribution in [0.2, 0.25) is 0 Å². The molecule has 0 aromatic rings. The molecule has 5 nitrogen and oxygen atoms in total. The van der Waals surface area contributed by atoms with Crippen molar-refractivity contribution < 1.29 is 18.3 Å². The summed E-state index contributed by atoms with van der Waals surface area (Å²) in [7, 11) is -2.93. The predicted molar refractivity (Wildman–Crippen MR) is 61.2 cm³/mol. The Morgan fingerprint density at radius 2 is 1.94 bits per heavy atom. The van der Waals surface area contributed by atoms with Crippen LogP contribution < -0.4 is 0 Å². The fourth-order valence-corrected chi connectivity index (χ4v) is 3.13. The third-order valence-electron chi connectivity index (χ3n) is 2.94. The molecule has 1 heterocycles. The predicted octanol–water partition coefficient (Wildman–Crippen LogP) is 0.360. The van der Waals surface area contributed by atoms with E-state index in [-0.39, 0.29) is 11.5 Å². The minimum Gasteiger partial charge on any atom is -0.480 e. The maximum Gasteiger partial charge on any atom is 0.320 e. The van der Waals surface area contributed by atoms with Crippen LogP contribution in [-0.2, 0) is 14.6 Å². The number of hydrogen-bond donors (Lipinski definition) is 1. The highest BCUT2D eigenvalue weighted by Gasteiger charge is 2.30. The van der Waals surface area contributed by atoms with Crippen molar-refractivity contribution in [2.24, 2.45) is 0 Å². The van der Waals surface area contributed by atoms with Crippen molar-refractivity contribution in [1.82, 2.24) is 4.90 Å². The molecule has 16 heavy (non-hydrogen) atoms. The first-order valence-electron chi connectivity index (χ1n) is 5.63. The summed E-state index contributed by atoms with van der Waals surface area (Å²) in [6.45, 7) is 2.71. The molecule has 1 aliphatic heterocycles. The van der Waals surface area contributed by atoms with Gasteiger partial charge in [-0.2, -0.15) is 0 Å². The molecule has 6 heteroatoms. The van der Waals surface area contributed by atoms with Crippen LogP contribution in [0.1, 0.15) is 26.2 Å². The fraction of sp³-hybridized carbons (Fsp3) is 0.900. The van der Waals surface area contributed by atoms with Crippen LogP contribution in [0.3, 0.4) is 0 Å². The van der Waals surface area contributed by atoms with Gasteiger partial charge in [0, 0.05) is 13.1 Å². The number of carboxylic acids is 1. The van der Waals surface area contributed by atoms with Crippen molar-refractivity contribution in [2.45, 2.75) is 32.2 Å². The smallest absolute Gasteiger partial charge is 0.320 e. The minimum atomic E-state index is -2.93. The number of aliphatic carboxylic acids is 1. The summed E-state index contributed by atoms with van der Waals surface area (Å²) in [5.41, 5.74) is 0. The van der Waals surface area contributed by atoms with E-state index in [1.54, 1.807) is 4.90 Å². The second-order valence-corrected chi connectivity index (χ2v) is 6.49. The Morgan fingerprint density at radius 3 is 2.38 bits per heavy atom. The van der Waals surface area contributed by atoms with Gasteiger partial charge in [0.1, 0.15) is 6.04 Å². The number of hydrogen-bond acceptors (Lipinski definition) is 4. The summed E-state index contributed by atoms with van der Waals surface area (Å²) < 4.78 is 22.5. The standard InChI is InChI=1S/C10H19NO4S/c1-2-3-4-9(10(12)13)11-5-7-16(14,15)8-6-11/h9H,2-8H2,1H3,(H,12,13). The molecule has 0 bridgehead atoms. The molecule has 1 atom stereocenters. The van der Waals surface area contributed by atoms with E-state index in [1.807, 2.05) is 6.92 Å². The lowest BCUT2D eigenvalue weighted by Gasteiger charge is -2.31. The average molecular weight is 249 g/mol. The van der Waals surface area contributed by atoms with Crippen molar-refractivity contribution in [2.75, 3.05) is 24.6 Å². The number of carbonyl (C=O) groups is 1. The highest BCUT2D eigenvalue weighted by molar-refractivity contribution is 7.91. The Morgan fingerprint density at radius 1 is 1.38 bits per heavy atom. The van der Waals surface area contributed by atoms with Crippen LogP contribution in [0, 0.1) is 0 Å². The first kappa shape index (κ1) is 13.4. The van der Waals surface area contributed by atoms with Crippen molar-refractivity contribution in [3.63, 3.8) is 0 Å². The normalized spacial score (nSPS) is 22.8. The number of unbranched alkanes of at least 4 members (excludes halogenated alkanes) is 1. The molecule has 1 saturated heterocycles. The summed E-state index contributed by atoms with van der Waals surface area (Å²) in [6, 6.07) is -0.518. The van der Waals surface area contributed by atoms with E-state index < -0.39 is 21.8 Å². The van der Waals surface area contributed by atoms with Gasteiger partial charge in [0.25, 0.3) is 0 Å². The molecule has 0 aromatic carbocycles. The quantitative estimate of drug-likeness (QED) is 0.761. The Kier molecular flexibility index (Phi) is 4.73. The zero-order chi connectivity index (χ0) is 12.2. The van der Waals surface area contributed by atoms with Crippen molar-refractivity contribution >= 4 is 15.8 Å². The van der Waals surface area contributed by atoms with E-state index in [4.69, 9.17) is 5.11 Å². The molecule has 1 fully saturated rings. The summed E-state index contributed by atoms with van der Waals surface area (Å²) in [5.74, 6) is -0.668. The van der Waals surface area contributed by atoms with Gasteiger partial charge >= 0.3 is 5.97 Å². The molecule has 0 aliphatic carbocycles. The summed E-state index contributed by atoms with van der Waals surface area (Å²) >= 11 is 0. The lowest BCUT2D eigenvalue weighted by atomic mass is 10.1. The molecular weight excluding hydrogens is 230 g/mol. The van der Waals surface area contributed by atoms with Gasteiger partial charge in [-0.25, -0.2) is 8.42 Å². The van der Waals surface area contributed by atoms with Crippen LogP contribution in [-0.4, -0.2) is 55.0 Å². The SMILES string of the molecule is CCCCC(C(=O)O)N1CCS(=O)(=O)CC1. The molecule has 1 aliphatic rings. The summed E-state index contributed by atoms with van der Waals surface area (Å²) in [6.07, 6.45) is 2.42. The molecule has 94 valence electrons. The fourth-order valence-electron chi connectivity index (χ4n) is 1.90. The maximum atomic E-state index is 11.2.